The molecule has 0 amide bonds. The topological polar surface area (TPSA) is 51.8 Å². The van der Waals surface area contributed by atoms with Gasteiger partial charge in [-0.15, -0.1) is 0 Å². The molecule has 2 aromatic heterocycles. The average Bonchev–Trinajstić information content (AvgIpc) is 2.95. The highest BCUT2D eigenvalue weighted by Gasteiger charge is 2.08. The lowest BCUT2D eigenvalue weighted by Gasteiger charge is -1.99. The van der Waals surface area contributed by atoms with Gasteiger partial charge in [-0.2, -0.15) is 0 Å². The molecule has 3 rings (SSSR count). The third-order valence-corrected chi connectivity index (χ3v) is 3.83. The van der Waals surface area contributed by atoms with E-state index >= 15 is 0 Å². The van der Waals surface area contributed by atoms with Gasteiger partial charge in [0.05, 0.1) is 11.9 Å². The van der Waals surface area contributed by atoms with E-state index in [9.17, 15) is 0 Å². The molecule has 0 aliphatic heterocycles. The Hall–Kier alpha value is -2.14. The first kappa shape index (κ1) is 13.8. The van der Waals surface area contributed by atoms with Crippen LogP contribution in [0.1, 0.15) is 17.1 Å². The average molecular weight is 297 g/mol. The number of benzene rings is 1. The third-order valence-electron chi connectivity index (χ3n) is 2.99. The van der Waals surface area contributed by atoms with E-state index in [1.807, 2.05) is 25.1 Å². The number of aryl methyl sites for hydroxylation is 2. The van der Waals surface area contributed by atoms with Crippen LogP contribution in [0.4, 0.5) is 0 Å². The van der Waals surface area contributed by atoms with E-state index in [4.69, 9.17) is 4.42 Å². The molecule has 0 fully saturated rings. The maximum absolute atomic E-state index is 5.77. The van der Waals surface area contributed by atoms with Gasteiger partial charge < -0.3 is 4.42 Å². The Labute approximate surface area is 127 Å². The zero-order valence-corrected chi connectivity index (χ0v) is 12.7. The molecule has 106 valence electrons. The summed E-state index contributed by atoms with van der Waals surface area (Å²) in [4.78, 5) is 12.9. The molecule has 21 heavy (non-hydrogen) atoms. The van der Waals surface area contributed by atoms with Gasteiger partial charge in [0.2, 0.25) is 5.89 Å². The summed E-state index contributed by atoms with van der Waals surface area (Å²) < 4.78 is 5.77. The predicted molar refractivity (Wildman–Crippen MR) is 83.0 cm³/mol. The van der Waals surface area contributed by atoms with Crippen LogP contribution < -0.4 is 0 Å². The molecule has 0 aliphatic rings. The molecule has 0 aliphatic carbocycles. The van der Waals surface area contributed by atoms with Crippen molar-refractivity contribution in [1.29, 1.82) is 0 Å². The van der Waals surface area contributed by atoms with Crippen molar-refractivity contribution in [3.8, 4) is 11.3 Å². The Morgan fingerprint density at radius 3 is 2.62 bits per heavy atom. The molecule has 4 nitrogen and oxygen atoms in total. The lowest BCUT2D eigenvalue weighted by atomic mass is 10.1. The third kappa shape index (κ3) is 3.49. The van der Waals surface area contributed by atoms with Crippen LogP contribution in [0, 0.1) is 13.8 Å². The van der Waals surface area contributed by atoms with E-state index in [-0.39, 0.29) is 0 Å². The summed E-state index contributed by atoms with van der Waals surface area (Å²) in [5, 5.41) is 0.741. The van der Waals surface area contributed by atoms with Gasteiger partial charge in [-0.1, -0.05) is 41.6 Å². The molecule has 0 spiro atoms. The SMILES string of the molecule is Cc1ccc(-c2cnc(CSc3nccc(C)n3)o2)cc1. The molecule has 0 N–H and O–H groups in total. The lowest BCUT2D eigenvalue weighted by Crippen LogP contribution is -1.89. The second-order valence-corrected chi connectivity index (χ2v) is 5.70. The fourth-order valence-electron chi connectivity index (χ4n) is 1.85. The molecule has 3 aromatic rings. The highest BCUT2D eigenvalue weighted by atomic mass is 32.2. The van der Waals surface area contributed by atoms with Gasteiger partial charge in [-0.3, -0.25) is 0 Å². The van der Waals surface area contributed by atoms with Crippen LogP contribution >= 0.6 is 11.8 Å². The first-order valence-corrected chi connectivity index (χ1v) is 7.63. The minimum absolute atomic E-state index is 0.620. The van der Waals surface area contributed by atoms with E-state index in [0.717, 1.165) is 22.2 Å². The van der Waals surface area contributed by atoms with E-state index in [1.165, 1.54) is 17.3 Å². The minimum Gasteiger partial charge on any atom is -0.440 e. The van der Waals surface area contributed by atoms with Crippen LogP contribution in [0.3, 0.4) is 0 Å². The number of aromatic nitrogens is 3. The Morgan fingerprint density at radius 2 is 1.86 bits per heavy atom. The molecule has 0 atom stereocenters. The second kappa shape index (κ2) is 6.10. The van der Waals surface area contributed by atoms with Crippen LogP contribution in [0.25, 0.3) is 11.3 Å². The highest BCUT2D eigenvalue weighted by Crippen LogP contribution is 2.24. The van der Waals surface area contributed by atoms with Gasteiger partial charge in [0.25, 0.3) is 0 Å². The zero-order valence-electron chi connectivity index (χ0n) is 11.9. The molecular weight excluding hydrogens is 282 g/mol. The molecule has 0 unspecified atom stereocenters. The number of oxazole rings is 1. The predicted octanol–water partition coefficient (Wildman–Crippen LogP) is 4.04. The summed E-state index contributed by atoms with van der Waals surface area (Å²) in [6.07, 6.45) is 3.52. The summed E-state index contributed by atoms with van der Waals surface area (Å²) in [5.74, 6) is 2.09. The lowest BCUT2D eigenvalue weighted by molar-refractivity contribution is 0.530. The van der Waals surface area contributed by atoms with E-state index in [1.54, 1.807) is 12.4 Å². The Bertz CT molecular complexity index is 737. The zero-order chi connectivity index (χ0) is 14.7. The van der Waals surface area contributed by atoms with Gasteiger partial charge in [-0.05, 0) is 19.9 Å². The maximum atomic E-state index is 5.77. The van der Waals surface area contributed by atoms with Crippen molar-refractivity contribution in [3.05, 3.63) is 59.9 Å². The van der Waals surface area contributed by atoms with Crippen LogP contribution in [-0.2, 0) is 5.75 Å². The van der Waals surface area contributed by atoms with Crippen LogP contribution in [0.15, 0.2) is 52.3 Å². The summed E-state index contributed by atoms with van der Waals surface area (Å²) in [6, 6.07) is 10.1. The van der Waals surface area contributed by atoms with Crippen molar-refractivity contribution in [2.75, 3.05) is 0 Å². The summed E-state index contributed by atoms with van der Waals surface area (Å²) in [5.41, 5.74) is 3.22. The van der Waals surface area contributed by atoms with Crippen molar-refractivity contribution in [2.45, 2.75) is 24.8 Å². The number of rotatable bonds is 4. The Balaban J connectivity index is 1.69. The molecule has 1 aromatic carbocycles. The maximum Gasteiger partial charge on any atom is 0.205 e. The van der Waals surface area contributed by atoms with Crippen LogP contribution in [0.5, 0.6) is 0 Å². The van der Waals surface area contributed by atoms with E-state index in [2.05, 4.69) is 34.0 Å². The quantitative estimate of drug-likeness (QED) is 0.537. The summed E-state index contributed by atoms with van der Waals surface area (Å²) >= 11 is 1.52. The van der Waals surface area contributed by atoms with Gasteiger partial charge in [0.1, 0.15) is 0 Å². The highest BCUT2D eigenvalue weighted by molar-refractivity contribution is 7.98. The minimum atomic E-state index is 0.620. The van der Waals surface area contributed by atoms with Crippen LogP contribution in [-0.4, -0.2) is 15.0 Å². The monoisotopic (exact) mass is 297 g/mol. The molecular formula is C16H15N3OS. The molecule has 0 bridgehead atoms. The van der Waals surface area contributed by atoms with E-state index in [0.29, 0.717) is 11.6 Å². The molecule has 2 heterocycles. The molecule has 0 saturated carbocycles. The van der Waals surface area contributed by atoms with Crippen molar-refractivity contribution >= 4 is 11.8 Å². The van der Waals surface area contributed by atoms with Gasteiger partial charge in [0.15, 0.2) is 10.9 Å². The van der Waals surface area contributed by atoms with Gasteiger partial charge in [0, 0.05) is 17.5 Å². The number of hydrogen-bond acceptors (Lipinski definition) is 5. The molecule has 0 saturated heterocycles. The Morgan fingerprint density at radius 1 is 1.05 bits per heavy atom. The van der Waals surface area contributed by atoms with E-state index < -0.39 is 0 Å². The molecule has 5 heteroatoms. The van der Waals surface area contributed by atoms with Crippen molar-refractivity contribution < 1.29 is 4.42 Å². The van der Waals surface area contributed by atoms with Gasteiger partial charge in [-0.25, -0.2) is 15.0 Å². The molecule has 0 radical (unpaired) electrons. The standard InChI is InChI=1S/C16H15N3OS/c1-11-3-5-13(6-4-11)14-9-18-15(20-14)10-21-16-17-8-7-12(2)19-16/h3-9H,10H2,1-2H3. The summed E-state index contributed by atoms with van der Waals surface area (Å²) in [7, 11) is 0. The number of nitrogens with zero attached hydrogens (tertiary/aromatic N) is 3. The fraction of sp³-hybridized carbons (Fsp3) is 0.188. The van der Waals surface area contributed by atoms with Crippen molar-refractivity contribution in [2.24, 2.45) is 0 Å². The first-order valence-electron chi connectivity index (χ1n) is 6.65. The normalized spacial score (nSPS) is 10.8. The largest absolute Gasteiger partial charge is 0.440 e. The van der Waals surface area contributed by atoms with Crippen molar-refractivity contribution in [3.63, 3.8) is 0 Å². The first-order chi connectivity index (χ1) is 10.2. The Kier molecular flexibility index (Phi) is 4.01. The second-order valence-electron chi connectivity index (χ2n) is 4.75. The summed E-state index contributed by atoms with van der Waals surface area (Å²) in [6.45, 7) is 4.01. The van der Waals surface area contributed by atoms with Crippen LogP contribution in [0.2, 0.25) is 0 Å². The number of hydrogen-bond donors (Lipinski definition) is 0. The fourth-order valence-corrected chi connectivity index (χ4v) is 2.58. The van der Waals surface area contributed by atoms with Crippen molar-refractivity contribution in [1.82, 2.24) is 15.0 Å². The smallest absolute Gasteiger partial charge is 0.205 e. The number of thioether (sulfide) groups is 1. The van der Waals surface area contributed by atoms with Gasteiger partial charge >= 0.3 is 0 Å².